The van der Waals surface area contributed by atoms with E-state index in [4.69, 9.17) is 0 Å². The number of piperidine rings is 1. The van der Waals surface area contributed by atoms with Crippen LogP contribution >= 0.6 is 12.4 Å². The van der Waals surface area contributed by atoms with E-state index in [1.165, 1.54) is 0 Å². The molecule has 0 bridgehead atoms. The van der Waals surface area contributed by atoms with Crippen LogP contribution < -0.4 is 16.0 Å². The van der Waals surface area contributed by atoms with Crippen molar-refractivity contribution in [1.82, 2.24) is 25.7 Å². The summed E-state index contributed by atoms with van der Waals surface area (Å²) in [6, 6.07) is 1.84. The molecule has 2 aliphatic rings. The molecule has 2 heterocycles. The number of nitrogens with zero attached hydrogens (tertiary/aromatic N) is 2. The predicted molar refractivity (Wildman–Crippen MR) is 88.3 cm³/mol. The maximum absolute atomic E-state index is 12.7. The van der Waals surface area contributed by atoms with E-state index < -0.39 is 5.54 Å². The first-order valence-corrected chi connectivity index (χ1v) is 7.99. The number of carbonyl (C=O) groups is 2. The van der Waals surface area contributed by atoms with Crippen molar-refractivity contribution in [2.75, 3.05) is 26.2 Å². The lowest BCUT2D eigenvalue weighted by Crippen LogP contribution is -2.55. The number of rotatable bonds is 6. The van der Waals surface area contributed by atoms with Crippen molar-refractivity contribution in [2.45, 2.75) is 31.2 Å². The highest BCUT2D eigenvalue weighted by Gasteiger charge is 2.41. The van der Waals surface area contributed by atoms with Crippen molar-refractivity contribution in [3.8, 4) is 0 Å². The number of carbonyl (C=O) groups excluding carboxylic acids is 2. The van der Waals surface area contributed by atoms with Crippen LogP contribution in [0.15, 0.2) is 18.5 Å². The molecule has 7 nitrogen and oxygen atoms in total. The van der Waals surface area contributed by atoms with Gasteiger partial charge >= 0.3 is 0 Å². The Kier molecular flexibility index (Phi) is 6.01. The number of halogens is 1. The summed E-state index contributed by atoms with van der Waals surface area (Å²) in [5.74, 6) is 0.298. The van der Waals surface area contributed by atoms with E-state index in [-0.39, 0.29) is 30.1 Å². The first-order chi connectivity index (χ1) is 10.7. The molecule has 23 heavy (non-hydrogen) atoms. The van der Waals surface area contributed by atoms with Gasteiger partial charge in [0, 0.05) is 31.4 Å². The van der Waals surface area contributed by atoms with Gasteiger partial charge in [-0.25, -0.2) is 0 Å². The number of amides is 2. The van der Waals surface area contributed by atoms with Crippen molar-refractivity contribution in [3.63, 3.8) is 0 Å². The normalized spacial score (nSPS) is 19.5. The molecule has 0 spiro atoms. The van der Waals surface area contributed by atoms with Gasteiger partial charge in [-0.2, -0.15) is 5.10 Å². The largest absolute Gasteiger partial charge is 0.354 e. The molecule has 2 amide bonds. The van der Waals surface area contributed by atoms with Gasteiger partial charge in [0.15, 0.2) is 0 Å². The third kappa shape index (κ3) is 4.03. The average Bonchev–Trinajstić information content (AvgIpc) is 3.26. The zero-order valence-electron chi connectivity index (χ0n) is 13.1. The van der Waals surface area contributed by atoms with Crippen LogP contribution in [-0.4, -0.2) is 47.8 Å². The minimum atomic E-state index is -0.616. The van der Waals surface area contributed by atoms with E-state index >= 15 is 0 Å². The van der Waals surface area contributed by atoms with Crippen molar-refractivity contribution in [2.24, 2.45) is 5.92 Å². The molecule has 1 aromatic rings. The molecule has 0 unspecified atom stereocenters. The zero-order chi connectivity index (χ0) is 15.4. The minimum absolute atomic E-state index is 0. The fraction of sp³-hybridized carbons (Fsp3) is 0.667. The Morgan fingerprint density at radius 1 is 1.22 bits per heavy atom. The molecule has 3 N–H and O–H groups in total. The van der Waals surface area contributed by atoms with Crippen LogP contribution in [0.5, 0.6) is 0 Å². The van der Waals surface area contributed by atoms with E-state index in [2.05, 4.69) is 21.0 Å². The summed E-state index contributed by atoms with van der Waals surface area (Å²) in [5, 5.41) is 13.4. The maximum Gasteiger partial charge on any atom is 0.248 e. The van der Waals surface area contributed by atoms with Crippen LogP contribution in [0.3, 0.4) is 0 Å². The Balaban J connectivity index is 0.00000192. The SMILES string of the molecule is Cl.O=C(NCCNC(=O)C1(n2cccn2)CCNCC1)C1CC1. The van der Waals surface area contributed by atoms with E-state index in [0.717, 1.165) is 38.8 Å². The summed E-state index contributed by atoms with van der Waals surface area (Å²) in [6.07, 6.45) is 6.97. The topological polar surface area (TPSA) is 88.1 Å². The molecule has 0 atom stereocenters. The third-order valence-corrected chi connectivity index (χ3v) is 4.45. The molecule has 8 heteroatoms. The molecule has 1 saturated carbocycles. The van der Waals surface area contributed by atoms with Gasteiger partial charge in [-0.1, -0.05) is 0 Å². The van der Waals surface area contributed by atoms with Crippen molar-refractivity contribution in [3.05, 3.63) is 18.5 Å². The predicted octanol–water partition coefficient (Wildman–Crippen LogP) is 0.0260. The van der Waals surface area contributed by atoms with Crippen molar-refractivity contribution in [1.29, 1.82) is 0 Å². The average molecular weight is 342 g/mol. The second-order valence-corrected chi connectivity index (χ2v) is 6.05. The first-order valence-electron chi connectivity index (χ1n) is 7.99. The smallest absolute Gasteiger partial charge is 0.248 e. The van der Waals surface area contributed by atoms with E-state index in [1.54, 1.807) is 10.9 Å². The van der Waals surface area contributed by atoms with Gasteiger partial charge in [0.05, 0.1) is 0 Å². The summed E-state index contributed by atoms with van der Waals surface area (Å²) in [5.41, 5.74) is -0.616. The second kappa shape index (κ2) is 7.79. The first kappa shape index (κ1) is 17.7. The fourth-order valence-electron chi connectivity index (χ4n) is 2.94. The van der Waals surface area contributed by atoms with E-state index in [1.807, 2.05) is 12.3 Å². The van der Waals surface area contributed by atoms with Crippen LogP contribution in [0.4, 0.5) is 0 Å². The highest BCUT2D eigenvalue weighted by Crippen LogP contribution is 2.28. The summed E-state index contributed by atoms with van der Waals surface area (Å²) in [7, 11) is 0. The number of hydrogen-bond donors (Lipinski definition) is 3. The van der Waals surface area contributed by atoms with Crippen LogP contribution in [0.2, 0.25) is 0 Å². The molecule has 1 saturated heterocycles. The lowest BCUT2D eigenvalue weighted by Gasteiger charge is -2.36. The minimum Gasteiger partial charge on any atom is -0.354 e. The quantitative estimate of drug-likeness (QED) is 0.637. The Hall–Kier alpha value is -1.60. The summed E-state index contributed by atoms with van der Waals surface area (Å²) in [6.45, 7) is 2.53. The van der Waals surface area contributed by atoms with E-state index in [0.29, 0.717) is 13.1 Å². The third-order valence-electron chi connectivity index (χ3n) is 4.45. The van der Waals surface area contributed by atoms with Gasteiger partial charge in [0.2, 0.25) is 11.8 Å². The zero-order valence-corrected chi connectivity index (χ0v) is 13.9. The maximum atomic E-state index is 12.7. The summed E-state index contributed by atoms with van der Waals surface area (Å²) < 4.78 is 1.77. The van der Waals surface area contributed by atoms with Gasteiger partial charge in [-0.3, -0.25) is 14.3 Å². The Labute approximate surface area is 142 Å². The Morgan fingerprint density at radius 3 is 2.52 bits per heavy atom. The monoisotopic (exact) mass is 341 g/mol. The summed E-state index contributed by atoms with van der Waals surface area (Å²) >= 11 is 0. The van der Waals surface area contributed by atoms with Crippen LogP contribution in [0.1, 0.15) is 25.7 Å². The fourth-order valence-corrected chi connectivity index (χ4v) is 2.94. The molecule has 3 rings (SSSR count). The number of aromatic nitrogens is 2. The highest BCUT2D eigenvalue weighted by molar-refractivity contribution is 5.85. The van der Waals surface area contributed by atoms with E-state index in [9.17, 15) is 9.59 Å². The molecule has 128 valence electrons. The van der Waals surface area contributed by atoms with Gasteiger partial charge in [0.25, 0.3) is 0 Å². The van der Waals surface area contributed by atoms with Gasteiger partial charge in [-0.05, 0) is 44.8 Å². The van der Waals surface area contributed by atoms with Crippen molar-refractivity contribution < 1.29 is 9.59 Å². The summed E-state index contributed by atoms with van der Waals surface area (Å²) in [4.78, 5) is 24.3. The van der Waals surface area contributed by atoms with Crippen LogP contribution in [0.25, 0.3) is 0 Å². The Bertz CT molecular complexity index is 524. The molecule has 1 aliphatic carbocycles. The van der Waals surface area contributed by atoms with Gasteiger partial charge in [-0.15, -0.1) is 12.4 Å². The molecule has 0 aromatic carbocycles. The number of nitrogens with one attached hydrogen (secondary N) is 3. The number of hydrogen-bond acceptors (Lipinski definition) is 4. The molecule has 0 radical (unpaired) electrons. The highest BCUT2D eigenvalue weighted by atomic mass is 35.5. The molecular weight excluding hydrogens is 318 g/mol. The lowest BCUT2D eigenvalue weighted by molar-refractivity contribution is -0.132. The second-order valence-electron chi connectivity index (χ2n) is 6.05. The lowest BCUT2D eigenvalue weighted by atomic mass is 9.87. The Morgan fingerprint density at radius 2 is 1.91 bits per heavy atom. The van der Waals surface area contributed by atoms with Crippen LogP contribution in [-0.2, 0) is 15.1 Å². The molecule has 1 aliphatic heterocycles. The molecule has 2 fully saturated rings. The van der Waals surface area contributed by atoms with Crippen molar-refractivity contribution >= 4 is 24.2 Å². The van der Waals surface area contributed by atoms with Gasteiger partial charge in [0.1, 0.15) is 5.54 Å². The standard InChI is InChI=1S/C15H23N5O2.ClH/c21-13(12-2-3-12)17-9-10-18-14(22)15(4-7-16-8-5-15)20-11-1-6-19-20;/h1,6,11-12,16H,2-5,7-10H2,(H,17,21)(H,18,22);1H. The molecule has 1 aromatic heterocycles. The molecular formula is C15H24ClN5O2. The van der Waals surface area contributed by atoms with Gasteiger partial charge < -0.3 is 16.0 Å². The van der Waals surface area contributed by atoms with Crippen LogP contribution in [0, 0.1) is 5.92 Å².